The van der Waals surface area contributed by atoms with E-state index in [1.807, 2.05) is 0 Å². The van der Waals surface area contributed by atoms with Crippen molar-refractivity contribution >= 4 is 11.6 Å². The number of carbonyl (C=O) groups excluding carboxylic acids is 2. The summed E-state index contributed by atoms with van der Waals surface area (Å²) in [5.41, 5.74) is 2.47. The lowest BCUT2D eigenvalue weighted by Gasteiger charge is -2.37. The van der Waals surface area contributed by atoms with E-state index < -0.39 is 30.5 Å². The molecule has 12 nitrogen and oxygen atoms in total. The third kappa shape index (κ3) is 5.80. The molecule has 0 fully saturated rings. The molecule has 50 heavy (non-hydrogen) atoms. The topological polar surface area (TPSA) is 148 Å². The van der Waals surface area contributed by atoms with Gasteiger partial charge in [-0.05, 0) is 64.7 Å². The number of carbonyl (C=O) groups is 2. The van der Waals surface area contributed by atoms with Gasteiger partial charge in [0.25, 0.3) is 0 Å². The Labute approximate surface area is 289 Å². The van der Waals surface area contributed by atoms with Gasteiger partial charge in [0, 0.05) is 5.56 Å². The highest BCUT2D eigenvalue weighted by atomic mass is 16.5. The van der Waals surface area contributed by atoms with Crippen molar-refractivity contribution in [3.63, 3.8) is 0 Å². The summed E-state index contributed by atoms with van der Waals surface area (Å²) in [6, 6.07) is 15.1. The molecular weight excluding hydrogens is 648 g/mol. The number of methoxy groups -OCH3 is 6. The summed E-state index contributed by atoms with van der Waals surface area (Å²) >= 11 is 0. The van der Waals surface area contributed by atoms with Crippen LogP contribution in [0.4, 0.5) is 0 Å². The molecular formula is C38H38O12. The molecule has 0 saturated heterocycles. The fourth-order valence-electron chi connectivity index (χ4n) is 6.72. The number of hydrogen-bond acceptors (Lipinski definition) is 12. The number of rotatable bonds is 11. The molecule has 0 unspecified atom stereocenters. The zero-order valence-electron chi connectivity index (χ0n) is 28.5. The molecule has 0 bridgehead atoms. The van der Waals surface area contributed by atoms with Gasteiger partial charge in [0.1, 0.15) is 46.3 Å². The predicted molar refractivity (Wildman–Crippen MR) is 180 cm³/mol. The van der Waals surface area contributed by atoms with E-state index in [0.29, 0.717) is 45.3 Å². The first-order chi connectivity index (χ1) is 24.2. The summed E-state index contributed by atoms with van der Waals surface area (Å²) < 4.78 is 46.6. The highest BCUT2D eigenvalue weighted by molar-refractivity contribution is 6.09. The Balaban J connectivity index is 1.62. The van der Waals surface area contributed by atoms with E-state index in [9.17, 15) is 19.8 Å². The maximum absolute atomic E-state index is 15.0. The molecule has 262 valence electrons. The zero-order valence-corrected chi connectivity index (χ0v) is 28.5. The average molecular weight is 687 g/mol. The Kier molecular flexibility index (Phi) is 9.76. The molecule has 0 amide bonds. The normalized spacial score (nSPS) is 17.9. The quantitative estimate of drug-likeness (QED) is 0.204. The summed E-state index contributed by atoms with van der Waals surface area (Å²) in [7, 11) is 8.89. The Hall–Kier alpha value is -5.46. The molecule has 2 heterocycles. The van der Waals surface area contributed by atoms with E-state index in [2.05, 4.69) is 0 Å². The molecule has 0 radical (unpaired) electrons. The van der Waals surface area contributed by atoms with Gasteiger partial charge >= 0.3 is 0 Å². The Morgan fingerprint density at radius 1 is 0.640 bits per heavy atom. The van der Waals surface area contributed by atoms with Crippen LogP contribution in [0.5, 0.6) is 46.0 Å². The third-order valence-electron chi connectivity index (χ3n) is 9.11. The molecule has 0 aliphatic carbocycles. The Morgan fingerprint density at radius 3 is 1.80 bits per heavy atom. The SMILES string of the molecule is COc1ccc([C@@H]2CC(=O)c3c(OC)cc(CO)c([C@H]4C(=O)c5c(OC)cc(CO)cc5O[C@@H]4c4ccc(OC)c(OC)c4)c3O2)cc1OC. The molecule has 6 rings (SSSR count). The first kappa shape index (κ1) is 34.4. The second-order valence-corrected chi connectivity index (χ2v) is 11.7. The number of benzene rings is 4. The molecule has 0 aromatic heterocycles. The van der Waals surface area contributed by atoms with Crippen molar-refractivity contribution in [3.8, 4) is 46.0 Å². The summed E-state index contributed by atoms with van der Waals surface area (Å²) in [5, 5.41) is 20.8. The molecule has 4 aromatic carbocycles. The van der Waals surface area contributed by atoms with Crippen LogP contribution in [0.2, 0.25) is 0 Å². The minimum Gasteiger partial charge on any atom is -0.496 e. The molecule has 2 aliphatic heterocycles. The maximum atomic E-state index is 15.0. The average Bonchev–Trinajstić information content (AvgIpc) is 3.15. The van der Waals surface area contributed by atoms with Crippen LogP contribution in [0.3, 0.4) is 0 Å². The fourth-order valence-corrected chi connectivity index (χ4v) is 6.72. The van der Waals surface area contributed by atoms with Gasteiger partial charge in [-0.2, -0.15) is 0 Å². The molecule has 0 saturated carbocycles. The third-order valence-corrected chi connectivity index (χ3v) is 9.11. The van der Waals surface area contributed by atoms with Crippen molar-refractivity contribution in [3.05, 3.63) is 93.5 Å². The van der Waals surface area contributed by atoms with E-state index in [0.717, 1.165) is 0 Å². The lowest BCUT2D eigenvalue weighted by atomic mass is 9.76. The minimum atomic E-state index is -1.17. The van der Waals surface area contributed by atoms with Gasteiger partial charge in [-0.1, -0.05) is 12.1 Å². The molecule has 0 spiro atoms. The fraction of sp³-hybridized carbons (Fsp3) is 0.316. The first-order valence-corrected chi connectivity index (χ1v) is 15.8. The van der Waals surface area contributed by atoms with Crippen molar-refractivity contribution in [2.45, 2.75) is 37.8 Å². The van der Waals surface area contributed by atoms with E-state index in [4.69, 9.17) is 37.9 Å². The van der Waals surface area contributed by atoms with Crippen LogP contribution in [-0.2, 0) is 13.2 Å². The van der Waals surface area contributed by atoms with E-state index in [1.54, 1.807) is 54.6 Å². The van der Waals surface area contributed by atoms with Crippen LogP contribution in [-0.4, -0.2) is 64.4 Å². The summed E-state index contributed by atoms with van der Waals surface area (Å²) in [6.07, 6.45) is -1.86. The van der Waals surface area contributed by atoms with Crippen molar-refractivity contribution < 1.29 is 57.7 Å². The number of aliphatic hydroxyl groups is 2. The Morgan fingerprint density at radius 2 is 1.22 bits per heavy atom. The molecule has 3 atom stereocenters. The molecule has 12 heteroatoms. The molecule has 4 aromatic rings. The number of aliphatic hydroxyl groups excluding tert-OH is 2. The second kappa shape index (κ2) is 14.2. The standard InChI is InChI=1S/C38H38O12/c1-43-24-9-7-20(13-27(24)45-3)26-16-23(41)33-30(48-6)15-22(18-40)32(38(33)49-26)35-36(42)34-29(47-5)11-19(17-39)12-31(34)50-37(35)21-8-10-25(44-2)28(14-21)46-4/h7-15,26,35,37,39-40H,16-18H2,1-6H3/t26-,35-,37+/m0/s1. The number of Topliss-reactive ketones (excluding diaryl/α,β-unsaturated/α-hetero) is 2. The molecule has 2 aliphatic rings. The summed E-state index contributed by atoms with van der Waals surface area (Å²) in [4.78, 5) is 29.0. The van der Waals surface area contributed by atoms with Crippen LogP contribution < -0.4 is 37.9 Å². The largest absolute Gasteiger partial charge is 0.496 e. The highest BCUT2D eigenvalue weighted by Crippen LogP contribution is 2.54. The maximum Gasteiger partial charge on any atom is 0.182 e. The van der Waals surface area contributed by atoms with Gasteiger partial charge < -0.3 is 48.1 Å². The second-order valence-electron chi connectivity index (χ2n) is 11.7. The highest BCUT2D eigenvalue weighted by Gasteiger charge is 2.46. The van der Waals surface area contributed by atoms with Crippen molar-refractivity contribution in [1.29, 1.82) is 0 Å². The molecule has 2 N–H and O–H groups in total. The Bertz CT molecular complexity index is 1950. The monoisotopic (exact) mass is 686 g/mol. The van der Waals surface area contributed by atoms with Gasteiger partial charge in [0.2, 0.25) is 0 Å². The van der Waals surface area contributed by atoms with Gasteiger partial charge in [0.15, 0.2) is 34.6 Å². The lowest BCUT2D eigenvalue weighted by Crippen LogP contribution is -2.33. The minimum absolute atomic E-state index is 0.0361. The van der Waals surface area contributed by atoms with Crippen molar-refractivity contribution in [1.82, 2.24) is 0 Å². The lowest BCUT2D eigenvalue weighted by molar-refractivity contribution is 0.0739. The summed E-state index contributed by atoms with van der Waals surface area (Å²) in [6.45, 7) is -0.840. The number of ketones is 2. The van der Waals surface area contributed by atoms with Crippen LogP contribution >= 0.6 is 0 Å². The van der Waals surface area contributed by atoms with E-state index in [1.165, 1.54) is 42.7 Å². The van der Waals surface area contributed by atoms with Crippen molar-refractivity contribution in [2.75, 3.05) is 42.7 Å². The van der Waals surface area contributed by atoms with Gasteiger partial charge in [-0.3, -0.25) is 9.59 Å². The van der Waals surface area contributed by atoms with Crippen LogP contribution in [0.1, 0.15) is 73.1 Å². The predicted octanol–water partition coefficient (Wildman–Crippen LogP) is 5.53. The smallest absolute Gasteiger partial charge is 0.182 e. The van der Waals surface area contributed by atoms with Crippen LogP contribution in [0, 0.1) is 0 Å². The van der Waals surface area contributed by atoms with E-state index in [-0.39, 0.29) is 58.5 Å². The van der Waals surface area contributed by atoms with Crippen molar-refractivity contribution in [2.24, 2.45) is 0 Å². The van der Waals surface area contributed by atoms with Gasteiger partial charge in [0.05, 0.1) is 68.2 Å². The van der Waals surface area contributed by atoms with Crippen LogP contribution in [0.25, 0.3) is 0 Å². The number of hydrogen-bond donors (Lipinski definition) is 2. The van der Waals surface area contributed by atoms with Gasteiger partial charge in [-0.15, -0.1) is 0 Å². The number of fused-ring (bicyclic) bond motifs is 2. The first-order valence-electron chi connectivity index (χ1n) is 15.8. The zero-order chi connectivity index (χ0) is 35.7. The number of ether oxygens (including phenoxy) is 8. The van der Waals surface area contributed by atoms with E-state index >= 15 is 0 Å². The van der Waals surface area contributed by atoms with Gasteiger partial charge in [-0.25, -0.2) is 0 Å². The van der Waals surface area contributed by atoms with Crippen LogP contribution in [0.15, 0.2) is 54.6 Å². The summed E-state index contributed by atoms with van der Waals surface area (Å²) in [5.74, 6) is 0.608.